The van der Waals surface area contributed by atoms with Gasteiger partial charge in [0.25, 0.3) is 0 Å². The quantitative estimate of drug-likeness (QED) is 0.924. The summed E-state index contributed by atoms with van der Waals surface area (Å²) in [5.74, 6) is -0.245. The molecule has 0 amide bonds. The number of likely N-dealkylation sites (tertiary alicyclic amines) is 1. The number of pyridine rings is 1. The number of hydrogen-bond acceptors (Lipinski definition) is 3. The van der Waals surface area contributed by atoms with Crippen LogP contribution in [0.3, 0.4) is 0 Å². The van der Waals surface area contributed by atoms with Gasteiger partial charge in [0.15, 0.2) is 0 Å². The molecule has 1 atom stereocenters. The second-order valence-electron chi connectivity index (χ2n) is 5.47. The summed E-state index contributed by atoms with van der Waals surface area (Å²) in [5, 5.41) is 8.99. The molecule has 1 fully saturated rings. The molecule has 1 N–H and O–H groups in total. The van der Waals surface area contributed by atoms with E-state index in [2.05, 4.69) is 16.8 Å². The van der Waals surface area contributed by atoms with Crippen molar-refractivity contribution in [3.05, 3.63) is 35.8 Å². The second kappa shape index (κ2) is 5.25. The fraction of sp³-hybridized carbons (Fsp3) is 0.467. The Hall–Kier alpha value is -1.88. The highest BCUT2D eigenvalue weighted by atomic mass is 16.4. The van der Waals surface area contributed by atoms with E-state index in [4.69, 9.17) is 5.11 Å². The summed E-state index contributed by atoms with van der Waals surface area (Å²) in [6, 6.07) is 3.23. The van der Waals surface area contributed by atoms with E-state index in [-0.39, 0.29) is 5.56 Å². The lowest BCUT2D eigenvalue weighted by molar-refractivity contribution is 0.0697. The number of carboxylic acid groups (broad SMARTS) is 1. The van der Waals surface area contributed by atoms with E-state index in [9.17, 15) is 4.79 Å². The maximum Gasteiger partial charge on any atom is 0.335 e. The second-order valence-corrected chi connectivity index (χ2v) is 5.47. The average Bonchev–Trinajstić information content (AvgIpc) is 3.03. The molecule has 0 bridgehead atoms. The first kappa shape index (κ1) is 13.1. The lowest BCUT2D eigenvalue weighted by atomic mass is 10.0. The SMILES string of the molecule is CCN1CCC(Cc2cn3ccc(C(=O)O)cc3n2)C1. The van der Waals surface area contributed by atoms with Crippen LogP contribution < -0.4 is 0 Å². The summed E-state index contributed by atoms with van der Waals surface area (Å²) in [6.07, 6.45) is 5.97. The number of fused-ring (bicyclic) bond motifs is 1. The molecule has 1 unspecified atom stereocenters. The number of hydrogen-bond donors (Lipinski definition) is 1. The maximum absolute atomic E-state index is 11.0. The monoisotopic (exact) mass is 273 g/mol. The van der Waals surface area contributed by atoms with E-state index in [1.54, 1.807) is 18.3 Å². The summed E-state index contributed by atoms with van der Waals surface area (Å²) < 4.78 is 1.90. The highest BCUT2D eigenvalue weighted by Gasteiger charge is 2.22. The van der Waals surface area contributed by atoms with Gasteiger partial charge in [0.2, 0.25) is 0 Å². The number of aromatic nitrogens is 2. The van der Waals surface area contributed by atoms with E-state index in [0.717, 1.165) is 25.2 Å². The van der Waals surface area contributed by atoms with Crippen LogP contribution in [-0.4, -0.2) is 45.0 Å². The van der Waals surface area contributed by atoms with E-state index < -0.39 is 5.97 Å². The van der Waals surface area contributed by atoms with E-state index in [1.807, 2.05) is 10.6 Å². The molecule has 20 heavy (non-hydrogen) atoms. The normalized spacial score (nSPS) is 19.8. The van der Waals surface area contributed by atoms with Gasteiger partial charge < -0.3 is 14.4 Å². The summed E-state index contributed by atoms with van der Waals surface area (Å²) in [4.78, 5) is 18.0. The molecule has 2 aromatic rings. The molecule has 0 aromatic carbocycles. The summed E-state index contributed by atoms with van der Waals surface area (Å²) in [5.41, 5.74) is 2.05. The molecular formula is C15H19N3O2. The highest BCUT2D eigenvalue weighted by Crippen LogP contribution is 2.20. The molecule has 0 radical (unpaired) electrons. The number of carboxylic acids is 1. The topological polar surface area (TPSA) is 57.8 Å². The van der Waals surface area contributed by atoms with Crippen LogP contribution in [0, 0.1) is 5.92 Å². The first-order valence-corrected chi connectivity index (χ1v) is 7.09. The molecule has 2 aromatic heterocycles. The van der Waals surface area contributed by atoms with Crippen molar-refractivity contribution in [3.8, 4) is 0 Å². The van der Waals surface area contributed by atoms with Gasteiger partial charge in [0, 0.05) is 18.9 Å². The summed E-state index contributed by atoms with van der Waals surface area (Å²) in [7, 11) is 0. The van der Waals surface area contributed by atoms with Crippen molar-refractivity contribution in [1.29, 1.82) is 0 Å². The Bertz CT molecular complexity index is 635. The Balaban J connectivity index is 1.77. The van der Waals surface area contributed by atoms with Crippen molar-refractivity contribution in [2.24, 2.45) is 5.92 Å². The van der Waals surface area contributed by atoms with Gasteiger partial charge in [-0.15, -0.1) is 0 Å². The van der Waals surface area contributed by atoms with Crippen molar-refractivity contribution in [2.45, 2.75) is 19.8 Å². The molecule has 1 aliphatic heterocycles. The third kappa shape index (κ3) is 2.54. The first-order valence-electron chi connectivity index (χ1n) is 7.09. The zero-order valence-corrected chi connectivity index (χ0v) is 11.6. The van der Waals surface area contributed by atoms with Crippen LogP contribution in [-0.2, 0) is 6.42 Å². The molecule has 1 aliphatic rings. The number of carbonyl (C=O) groups is 1. The van der Waals surface area contributed by atoms with Gasteiger partial charge in [0.05, 0.1) is 11.3 Å². The molecule has 0 saturated carbocycles. The summed E-state index contributed by atoms with van der Waals surface area (Å²) in [6.45, 7) is 5.63. The van der Waals surface area contributed by atoms with Crippen LogP contribution in [0.2, 0.25) is 0 Å². The third-order valence-electron chi connectivity index (χ3n) is 4.07. The van der Waals surface area contributed by atoms with Gasteiger partial charge in [-0.3, -0.25) is 0 Å². The fourth-order valence-electron chi connectivity index (χ4n) is 2.93. The minimum Gasteiger partial charge on any atom is -0.478 e. The van der Waals surface area contributed by atoms with Gasteiger partial charge in [-0.25, -0.2) is 9.78 Å². The van der Waals surface area contributed by atoms with Crippen LogP contribution in [0.4, 0.5) is 0 Å². The molecular weight excluding hydrogens is 254 g/mol. The molecule has 1 saturated heterocycles. The lowest BCUT2D eigenvalue weighted by Gasteiger charge is -2.11. The van der Waals surface area contributed by atoms with Crippen molar-refractivity contribution in [1.82, 2.24) is 14.3 Å². The van der Waals surface area contributed by atoms with Crippen molar-refractivity contribution in [2.75, 3.05) is 19.6 Å². The Morgan fingerprint density at radius 1 is 1.55 bits per heavy atom. The minimum absolute atomic E-state index is 0.285. The third-order valence-corrected chi connectivity index (χ3v) is 4.07. The van der Waals surface area contributed by atoms with Crippen LogP contribution in [0.5, 0.6) is 0 Å². The molecule has 3 heterocycles. The zero-order valence-electron chi connectivity index (χ0n) is 11.6. The Morgan fingerprint density at radius 3 is 3.10 bits per heavy atom. The van der Waals surface area contributed by atoms with Crippen LogP contribution in [0.15, 0.2) is 24.5 Å². The van der Waals surface area contributed by atoms with Gasteiger partial charge in [-0.05, 0) is 44.0 Å². The first-order chi connectivity index (χ1) is 9.65. The number of imidazole rings is 1. The molecule has 106 valence electrons. The van der Waals surface area contributed by atoms with Crippen molar-refractivity contribution >= 4 is 11.6 Å². The standard InChI is InChI=1S/C15H19N3O2/c1-2-17-5-3-11(9-17)7-13-10-18-6-4-12(15(19)20)8-14(18)16-13/h4,6,8,10-11H,2-3,5,7,9H2,1H3,(H,19,20). The zero-order chi connectivity index (χ0) is 14.1. The number of rotatable bonds is 4. The number of nitrogens with zero attached hydrogens (tertiary/aromatic N) is 3. The average molecular weight is 273 g/mol. The van der Waals surface area contributed by atoms with Crippen molar-refractivity contribution < 1.29 is 9.90 Å². The Morgan fingerprint density at radius 2 is 2.40 bits per heavy atom. The van der Waals surface area contributed by atoms with Crippen LogP contribution in [0.25, 0.3) is 5.65 Å². The summed E-state index contributed by atoms with van der Waals surface area (Å²) >= 11 is 0. The van der Waals surface area contributed by atoms with Crippen LogP contribution >= 0.6 is 0 Å². The molecule has 3 rings (SSSR count). The van der Waals surface area contributed by atoms with Gasteiger partial charge >= 0.3 is 5.97 Å². The molecule has 5 nitrogen and oxygen atoms in total. The Kier molecular flexibility index (Phi) is 3.44. The molecule has 5 heteroatoms. The van der Waals surface area contributed by atoms with Gasteiger partial charge in [0.1, 0.15) is 5.65 Å². The Labute approximate surface area is 117 Å². The predicted molar refractivity (Wildman–Crippen MR) is 76.1 cm³/mol. The smallest absolute Gasteiger partial charge is 0.335 e. The van der Waals surface area contributed by atoms with Gasteiger partial charge in [-0.2, -0.15) is 0 Å². The van der Waals surface area contributed by atoms with Crippen molar-refractivity contribution in [3.63, 3.8) is 0 Å². The highest BCUT2D eigenvalue weighted by molar-refractivity contribution is 5.88. The largest absolute Gasteiger partial charge is 0.478 e. The minimum atomic E-state index is -0.911. The van der Waals surface area contributed by atoms with E-state index >= 15 is 0 Å². The van der Waals surface area contributed by atoms with Crippen LogP contribution in [0.1, 0.15) is 29.4 Å². The number of aromatic carboxylic acids is 1. The maximum atomic E-state index is 11.0. The van der Waals surface area contributed by atoms with E-state index in [1.165, 1.54) is 13.0 Å². The molecule has 0 aliphatic carbocycles. The molecule has 0 spiro atoms. The fourth-order valence-corrected chi connectivity index (χ4v) is 2.93. The van der Waals surface area contributed by atoms with Gasteiger partial charge in [-0.1, -0.05) is 6.92 Å². The van der Waals surface area contributed by atoms with E-state index in [0.29, 0.717) is 11.6 Å². The lowest BCUT2D eigenvalue weighted by Crippen LogP contribution is -2.20. The predicted octanol–water partition coefficient (Wildman–Crippen LogP) is 1.92.